The van der Waals surface area contributed by atoms with E-state index < -0.39 is 18.5 Å². The third kappa shape index (κ3) is 4.23. The molecule has 0 heterocycles. The SMILES string of the molecule is Cc1ccc(NC(=O)COC(=O)c2c(Cl)cccc2Cl)cc1. The molecule has 0 atom stereocenters. The molecule has 0 spiro atoms. The van der Waals surface area contributed by atoms with Gasteiger partial charge in [0.25, 0.3) is 5.91 Å². The lowest BCUT2D eigenvalue weighted by Gasteiger charge is -2.08. The molecule has 22 heavy (non-hydrogen) atoms. The van der Waals surface area contributed by atoms with E-state index in [9.17, 15) is 9.59 Å². The van der Waals surface area contributed by atoms with Crippen molar-refractivity contribution in [3.8, 4) is 0 Å². The van der Waals surface area contributed by atoms with E-state index in [-0.39, 0.29) is 15.6 Å². The molecule has 0 radical (unpaired) electrons. The fourth-order valence-corrected chi connectivity index (χ4v) is 2.28. The van der Waals surface area contributed by atoms with E-state index in [1.54, 1.807) is 18.2 Å². The molecule has 0 saturated heterocycles. The minimum atomic E-state index is -0.741. The number of anilines is 1. The number of ether oxygens (including phenoxy) is 1. The van der Waals surface area contributed by atoms with Crippen molar-refractivity contribution in [2.45, 2.75) is 6.92 Å². The van der Waals surface area contributed by atoms with Gasteiger partial charge >= 0.3 is 5.97 Å². The number of benzene rings is 2. The Hall–Kier alpha value is -2.04. The van der Waals surface area contributed by atoms with Crippen molar-refractivity contribution in [2.75, 3.05) is 11.9 Å². The maximum absolute atomic E-state index is 11.9. The number of amides is 1. The van der Waals surface area contributed by atoms with Gasteiger partial charge in [-0.05, 0) is 31.2 Å². The van der Waals surface area contributed by atoms with Crippen molar-refractivity contribution < 1.29 is 14.3 Å². The number of carbonyl (C=O) groups excluding carboxylic acids is 2. The zero-order valence-electron chi connectivity index (χ0n) is 11.7. The lowest BCUT2D eigenvalue weighted by atomic mass is 10.2. The van der Waals surface area contributed by atoms with Crippen LogP contribution in [0.15, 0.2) is 42.5 Å². The van der Waals surface area contributed by atoms with E-state index in [1.165, 1.54) is 12.1 Å². The Morgan fingerprint density at radius 2 is 1.64 bits per heavy atom. The van der Waals surface area contributed by atoms with Crippen LogP contribution < -0.4 is 5.32 Å². The van der Waals surface area contributed by atoms with Gasteiger partial charge in [-0.1, -0.05) is 47.0 Å². The van der Waals surface area contributed by atoms with Gasteiger partial charge in [-0.25, -0.2) is 4.79 Å². The van der Waals surface area contributed by atoms with Crippen LogP contribution >= 0.6 is 23.2 Å². The first-order valence-corrected chi connectivity index (χ1v) is 7.20. The highest BCUT2D eigenvalue weighted by molar-refractivity contribution is 6.39. The summed E-state index contributed by atoms with van der Waals surface area (Å²) in [7, 11) is 0. The highest BCUT2D eigenvalue weighted by Gasteiger charge is 2.17. The normalized spacial score (nSPS) is 10.1. The van der Waals surface area contributed by atoms with Crippen LogP contribution in [0.25, 0.3) is 0 Å². The van der Waals surface area contributed by atoms with Crippen molar-refractivity contribution in [3.05, 3.63) is 63.6 Å². The topological polar surface area (TPSA) is 55.4 Å². The minimum Gasteiger partial charge on any atom is -0.452 e. The van der Waals surface area contributed by atoms with E-state index in [0.717, 1.165) is 5.56 Å². The lowest BCUT2D eigenvalue weighted by Crippen LogP contribution is -2.21. The second-order valence-electron chi connectivity index (χ2n) is 4.59. The molecule has 0 aliphatic rings. The zero-order valence-corrected chi connectivity index (χ0v) is 13.2. The molecular weight excluding hydrogens is 325 g/mol. The van der Waals surface area contributed by atoms with Gasteiger partial charge in [0.2, 0.25) is 0 Å². The maximum Gasteiger partial charge on any atom is 0.341 e. The number of hydrogen-bond acceptors (Lipinski definition) is 3. The summed E-state index contributed by atoms with van der Waals surface area (Å²) < 4.78 is 4.93. The van der Waals surface area contributed by atoms with Crippen LogP contribution in [-0.4, -0.2) is 18.5 Å². The number of esters is 1. The predicted octanol–water partition coefficient (Wildman–Crippen LogP) is 4.10. The van der Waals surface area contributed by atoms with Crippen molar-refractivity contribution in [3.63, 3.8) is 0 Å². The van der Waals surface area contributed by atoms with Crippen LogP contribution in [0.2, 0.25) is 10.0 Å². The molecule has 0 fully saturated rings. The summed E-state index contributed by atoms with van der Waals surface area (Å²) in [5, 5.41) is 2.98. The Morgan fingerprint density at radius 1 is 1.05 bits per heavy atom. The van der Waals surface area contributed by atoms with Crippen LogP contribution in [0.4, 0.5) is 5.69 Å². The number of aryl methyl sites for hydroxylation is 1. The van der Waals surface area contributed by atoms with Crippen LogP contribution in [0, 0.1) is 6.92 Å². The van der Waals surface area contributed by atoms with Crippen LogP contribution in [0.5, 0.6) is 0 Å². The van der Waals surface area contributed by atoms with Crippen molar-refractivity contribution in [1.29, 1.82) is 0 Å². The molecule has 0 aliphatic heterocycles. The van der Waals surface area contributed by atoms with Crippen molar-refractivity contribution >= 4 is 40.8 Å². The second kappa shape index (κ2) is 7.29. The first kappa shape index (κ1) is 16.3. The number of nitrogens with one attached hydrogen (secondary N) is 1. The zero-order chi connectivity index (χ0) is 16.1. The van der Waals surface area contributed by atoms with Crippen LogP contribution in [-0.2, 0) is 9.53 Å². The van der Waals surface area contributed by atoms with Gasteiger partial charge < -0.3 is 10.1 Å². The first-order chi connectivity index (χ1) is 10.5. The van der Waals surface area contributed by atoms with E-state index in [4.69, 9.17) is 27.9 Å². The summed E-state index contributed by atoms with van der Waals surface area (Å²) in [5.74, 6) is -1.19. The van der Waals surface area contributed by atoms with Gasteiger partial charge in [0.1, 0.15) is 0 Å². The van der Waals surface area contributed by atoms with Crippen molar-refractivity contribution in [2.24, 2.45) is 0 Å². The molecule has 114 valence electrons. The molecule has 0 aromatic heterocycles. The fraction of sp³-hybridized carbons (Fsp3) is 0.125. The van der Waals surface area contributed by atoms with Gasteiger partial charge in [0.15, 0.2) is 6.61 Å². The molecule has 4 nitrogen and oxygen atoms in total. The van der Waals surface area contributed by atoms with Gasteiger partial charge in [0.05, 0.1) is 15.6 Å². The number of halogens is 2. The maximum atomic E-state index is 11.9. The average Bonchev–Trinajstić information content (AvgIpc) is 2.47. The predicted molar refractivity (Wildman–Crippen MR) is 86.6 cm³/mol. The molecule has 0 aliphatic carbocycles. The van der Waals surface area contributed by atoms with Crippen LogP contribution in [0.1, 0.15) is 15.9 Å². The molecule has 2 rings (SSSR count). The molecule has 2 aromatic rings. The second-order valence-corrected chi connectivity index (χ2v) is 5.40. The standard InChI is InChI=1S/C16H13Cl2NO3/c1-10-5-7-11(8-6-10)19-14(20)9-22-16(21)15-12(17)3-2-4-13(15)18/h2-8H,9H2,1H3,(H,19,20). The lowest BCUT2D eigenvalue weighted by molar-refractivity contribution is -0.119. The average molecular weight is 338 g/mol. The Bertz CT molecular complexity index is 679. The van der Waals surface area contributed by atoms with Gasteiger partial charge in [-0.2, -0.15) is 0 Å². The highest BCUT2D eigenvalue weighted by atomic mass is 35.5. The molecule has 0 unspecified atom stereocenters. The molecule has 1 N–H and O–H groups in total. The monoisotopic (exact) mass is 337 g/mol. The van der Waals surface area contributed by atoms with E-state index in [0.29, 0.717) is 5.69 Å². The summed E-state index contributed by atoms with van der Waals surface area (Å²) in [4.78, 5) is 23.7. The van der Waals surface area contributed by atoms with Gasteiger partial charge in [-0.3, -0.25) is 4.79 Å². The summed E-state index contributed by atoms with van der Waals surface area (Å²) in [6, 6.07) is 11.9. The third-order valence-electron chi connectivity index (χ3n) is 2.84. The fourth-order valence-electron chi connectivity index (χ4n) is 1.73. The highest BCUT2D eigenvalue weighted by Crippen LogP contribution is 2.24. The van der Waals surface area contributed by atoms with Crippen LogP contribution in [0.3, 0.4) is 0 Å². The van der Waals surface area contributed by atoms with E-state index >= 15 is 0 Å². The largest absolute Gasteiger partial charge is 0.452 e. The third-order valence-corrected chi connectivity index (χ3v) is 3.47. The summed E-state index contributed by atoms with van der Waals surface area (Å²) in [6.45, 7) is 1.52. The van der Waals surface area contributed by atoms with Crippen molar-refractivity contribution in [1.82, 2.24) is 0 Å². The molecule has 0 saturated carbocycles. The molecular formula is C16H13Cl2NO3. The van der Waals surface area contributed by atoms with E-state index in [2.05, 4.69) is 5.32 Å². The van der Waals surface area contributed by atoms with Gasteiger partial charge in [0, 0.05) is 5.69 Å². The Labute approximate surface area is 138 Å². The number of carbonyl (C=O) groups is 2. The summed E-state index contributed by atoms with van der Waals surface area (Å²) >= 11 is 11.8. The van der Waals surface area contributed by atoms with Gasteiger partial charge in [-0.15, -0.1) is 0 Å². The minimum absolute atomic E-state index is 0.0500. The Kier molecular flexibility index (Phi) is 5.41. The molecule has 1 amide bonds. The number of rotatable bonds is 4. The summed E-state index contributed by atoms with van der Waals surface area (Å²) in [6.07, 6.45) is 0. The quantitative estimate of drug-likeness (QED) is 0.854. The molecule has 6 heteroatoms. The molecule has 0 bridgehead atoms. The Morgan fingerprint density at radius 3 is 2.23 bits per heavy atom. The number of hydrogen-bond donors (Lipinski definition) is 1. The Balaban J connectivity index is 1.93. The summed E-state index contributed by atoms with van der Waals surface area (Å²) in [5.41, 5.74) is 1.76. The van der Waals surface area contributed by atoms with E-state index in [1.807, 2.05) is 19.1 Å². The smallest absolute Gasteiger partial charge is 0.341 e. The first-order valence-electron chi connectivity index (χ1n) is 6.45. The molecule has 2 aromatic carbocycles.